The average Bonchev–Trinajstić information content (AvgIpc) is 3.01. The van der Waals surface area contributed by atoms with Crippen LogP contribution in [0.5, 0.6) is 0 Å². The number of alkyl halides is 1. The molecule has 0 saturated carbocycles. The fraction of sp³-hybridized carbons (Fsp3) is 0.333. The van der Waals surface area contributed by atoms with Gasteiger partial charge in [0.1, 0.15) is 5.01 Å². The number of halogens is 2. The van der Waals surface area contributed by atoms with Crippen LogP contribution in [0.1, 0.15) is 29.9 Å². The third-order valence-electron chi connectivity index (χ3n) is 3.02. The van der Waals surface area contributed by atoms with Crippen LogP contribution in [0.3, 0.4) is 0 Å². The van der Waals surface area contributed by atoms with E-state index in [9.17, 15) is 0 Å². The quantitative estimate of drug-likeness (QED) is 0.879. The van der Waals surface area contributed by atoms with Gasteiger partial charge in [-0.1, -0.05) is 22.9 Å². The lowest BCUT2D eigenvalue weighted by atomic mass is 9.92. The van der Waals surface area contributed by atoms with E-state index in [1.54, 1.807) is 0 Å². The molecule has 0 aromatic carbocycles. The molecule has 5 nitrogen and oxygen atoms in total. The molecule has 0 saturated heterocycles. The van der Waals surface area contributed by atoms with Gasteiger partial charge >= 0.3 is 0 Å². The van der Waals surface area contributed by atoms with Crippen molar-refractivity contribution >= 4 is 40.1 Å². The summed E-state index contributed by atoms with van der Waals surface area (Å²) in [6, 6.07) is 0. The molecule has 20 heavy (non-hydrogen) atoms. The summed E-state index contributed by atoms with van der Waals surface area (Å²) in [6.07, 6.45) is 5.13. The van der Waals surface area contributed by atoms with Gasteiger partial charge in [0.25, 0.3) is 0 Å². The van der Waals surface area contributed by atoms with E-state index in [0.29, 0.717) is 17.3 Å². The highest BCUT2D eigenvalue weighted by atomic mass is 35.5. The number of thiazole rings is 1. The Morgan fingerprint density at radius 1 is 1.50 bits per heavy atom. The topological polar surface area (TPSA) is 67.3 Å². The molecule has 0 aliphatic heterocycles. The Balaban J connectivity index is 1.91. The molecule has 1 aliphatic carbocycles. The minimum absolute atomic E-state index is 0.521. The van der Waals surface area contributed by atoms with E-state index in [4.69, 9.17) is 23.2 Å². The molecule has 2 heterocycles. The molecule has 2 aromatic rings. The molecule has 1 aliphatic rings. The molecule has 1 N–H and O–H groups in total. The second-order valence-electron chi connectivity index (χ2n) is 4.68. The molecule has 8 heteroatoms. The maximum Gasteiger partial charge on any atom is 0.180 e. The summed E-state index contributed by atoms with van der Waals surface area (Å²) in [7, 11) is 0. The number of hydrogen-bond donors (Lipinski definition) is 1. The summed E-state index contributed by atoms with van der Waals surface area (Å²) in [6.45, 7) is 1.95. The summed E-state index contributed by atoms with van der Waals surface area (Å²) < 4.78 is 0. The Kier molecular flexibility index (Phi) is 3.62. The smallest absolute Gasteiger partial charge is 0.180 e. The summed E-state index contributed by atoms with van der Waals surface area (Å²) in [5, 5.41) is 17.2. The molecule has 1 atom stereocenters. The van der Waals surface area contributed by atoms with Crippen LogP contribution in [-0.2, 0) is 6.42 Å². The minimum atomic E-state index is -0.521. The molecule has 3 rings (SSSR count). The van der Waals surface area contributed by atoms with Crippen molar-refractivity contribution in [2.45, 2.75) is 24.6 Å². The molecular formula is C12H11Cl2N5S. The highest BCUT2D eigenvalue weighted by Gasteiger charge is 2.32. The largest absolute Gasteiger partial charge is 0.241 e. The standard InChI is InChI=1S/C12H11Cl2N5S/c1-12(14)4-2-3-8(13)10(12)11-15-7(6-20-11)5-9-16-18-19-17-9/h2-3,6H,4-5H2,1H3,(H,16,17,18,19). The Hall–Kier alpha value is -1.24. The normalized spacial score (nSPS) is 22.6. The second-order valence-corrected chi connectivity index (χ2v) is 6.78. The lowest BCUT2D eigenvalue weighted by Gasteiger charge is -2.26. The predicted octanol–water partition coefficient (Wildman–Crippen LogP) is 3.15. The van der Waals surface area contributed by atoms with Gasteiger partial charge in [-0.15, -0.1) is 33.1 Å². The van der Waals surface area contributed by atoms with Gasteiger partial charge in [0.05, 0.1) is 17.0 Å². The lowest BCUT2D eigenvalue weighted by molar-refractivity contribution is 0.799. The van der Waals surface area contributed by atoms with E-state index >= 15 is 0 Å². The zero-order valence-electron chi connectivity index (χ0n) is 10.6. The number of nitrogens with one attached hydrogen (secondary N) is 1. The zero-order chi connectivity index (χ0) is 14.2. The molecule has 2 aromatic heterocycles. The summed E-state index contributed by atoms with van der Waals surface area (Å²) in [4.78, 5) is 4.07. The van der Waals surface area contributed by atoms with Gasteiger partial charge in [-0.3, -0.25) is 0 Å². The molecule has 104 valence electrons. The third-order valence-corrected chi connectivity index (χ3v) is 4.59. The maximum absolute atomic E-state index is 6.55. The fourth-order valence-corrected chi connectivity index (χ4v) is 3.90. The molecular weight excluding hydrogens is 317 g/mol. The molecule has 0 fully saturated rings. The number of allylic oxidation sites excluding steroid dienone is 4. The molecule has 0 bridgehead atoms. The zero-order valence-corrected chi connectivity index (χ0v) is 12.9. The Morgan fingerprint density at radius 2 is 2.35 bits per heavy atom. The van der Waals surface area contributed by atoms with Gasteiger partial charge in [-0.2, -0.15) is 5.21 Å². The van der Waals surface area contributed by atoms with Crippen molar-refractivity contribution in [3.05, 3.63) is 39.1 Å². The second kappa shape index (κ2) is 5.27. The first-order valence-corrected chi connectivity index (χ1v) is 7.62. The highest BCUT2D eigenvalue weighted by Crippen LogP contribution is 2.43. The number of aromatic amines is 1. The van der Waals surface area contributed by atoms with E-state index in [1.165, 1.54) is 11.3 Å². The number of hydrogen-bond acceptors (Lipinski definition) is 5. The Bertz CT molecular complexity index is 672. The number of H-pyrrole nitrogens is 1. The van der Waals surface area contributed by atoms with Crippen molar-refractivity contribution in [2.24, 2.45) is 0 Å². The van der Waals surface area contributed by atoms with Crippen molar-refractivity contribution in [3.8, 4) is 0 Å². The van der Waals surface area contributed by atoms with Gasteiger partial charge in [0, 0.05) is 16.0 Å². The van der Waals surface area contributed by atoms with E-state index in [1.807, 2.05) is 24.5 Å². The first-order chi connectivity index (χ1) is 9.56. The van der Waals surface area contributed by atoms with Crippen LogP contribution >= 0.6 is 34.5 Å². The minimum Gasteiger partial charge on any atom is -0.241 e. The predicted molar refractivity (Wildman–Crippen MR) is 79.9 cm³/mol. The van der Waals surface area contributed by atoms with Crippen molar-refractivity contribution < 1.29 is 0 Å². The number of aromatic nitrogens is 5. The molecule has 0 radical (unpaired) electrons. The van der Waals surface area contributed by atoms with Gasteiger partial charge in [0.2, 0.25) is 0 Å². The van der Waals surface area contributed by atoms with Crippen molar-refractivity contribution in [2.75, 3.05) is 0 Å². The van der Waals surface area contributed by atoms with Gasteiger partial charge < -0.3 is 0 Å². The average molecular weight is 328 g/mol. The first-order valence-electron chi connectivity index (χ1n) is 5.99. The number of rotatable bonds is 3. The van der Waals surface area contributed by atoms with Crippen molar-refractivity contribution in [3.63, 3.8) is 0 Å². The monoisotopic (exact) mass is 327 g/mol. The van der Waals surface area contributed by atoms with E-state index in [2.05, 4.69) is 25.6 Å². The maximum atomic E-state index is 6.55. The summed E-state index contributed by atoms with van der Waals surface area (Å²) in [5.74, 6) is 0.610. The third kappa shape index (κ3) is 2.63. The molecule has 1 unspecified atom stereocenters. The Morgan fingerprint density at radius 3 is 3.05 bits per heavy atom. The van der Waals surface area contributed by atoms with E-state index in [-0.39, 0.29) is 0 Å². The molecule has 0 spiro atoms. The summed E-state index contributed by atoms with van der Waals surface area (Å²) in [5.41, 5.74) is 1.76. The van der Waals surface area contributed by atoms with Gasteiger partial charge in [0.15, 0.2) is 5.82 Å². The van der Waals surface area contributed by atoms with E-state index in [0.717, 1.165) is 22.7 Å². The number of tetrazole rings is 1. The Labute approximate surface area is 129 Å². The van der Waals surface area contributed by atoms with Crippen LogP contribution in [0.4, 0.5) is 0 Å². The lowest BCUT2D eigenvalue weighted by Crippen LogP contribution is -2.20. The van der Waals surface area contributed by atoms with Crippen LogP contribution in [0, 0.1) is 0 Å². The van der Waals surface area contributed by atoms with Gasteiger partial charge in [-0.25, -0.2) is 4.98 Å². The summed E-state index contributed by atoms with van der Waals surface area (Å²) >= 11 is 14.4. The van der Waals surface area contributed by atoms with Crippen molar-refractivity contribution in [1.29, 1.82) is 0 Å². The SMILES string of the molecule is CC1(Cl)CC=CC(Cl)=C1c1nc(Cc2nn[nH]n2)cs1. The van der Waals surface area contributed by atoms with Crippen LogP contribution in [0.2, 0.25) is 0 Å². The van der Waals surface area contributed by atoms with Crippen LogP contribution in [-0.4, -0.2) is 30.5 Å². The first kappa shape index (κ1) is 13.7. The van der Waals surface area contributed by atoms with Crippen LogP contribution in [0.15, 0.2) is 22.6 Å². The van der Waals surface area contributed by atoms with Crippen LogP contribution in [0.25, 0.3) is 5.57 Å². The molecule has 0 amide bonds. The van der Waals surface area contributed by atoms with Gasteiger partial charge in [-0.05, 0) is 19.4 Å². The van der Waals surface area contributed by atoms with Crippen LogP contribution < -0.4 is 0 Å². The van der Waals surface area contributed by atoms with Crippen molar-refractivity contribution in [1.82, 2.24) is 25.6 Å². The fourth-order valence-electron chi connectivity index (χ4n) is 2.07. The highest BCUT2D eigenvalue weighted by molar-refractivity contribution is 7.11. The van der Waals surface area contributed by atoms with E-state index < -0.39 is 4.87 Å². The number of nitrogens with zero attached hydrogens (tertiary/aromatic N) is 4.